The molecule has 140 valence electrons. The molecule has 1 N–H and O–H groups in total. The summed E-state index contributed by atoms with van der Waals surface area (Å²) in [5.41, 5.74) is 1.81. The van der Waals surface area contributed by atoms with Gasteiger partial charge in [-0.2, -0.15) is 9.78 Å². The topological polar surface area (TPSA) is 81.4 Å². The van der Waals surface area contributed by atoms with E-state index in [1.54, 1.807) is 51.1 Å². The number of hydrogen-bond acceptors (Lipinski definition) is 5. The summed E-state index contributed by atoms with van der Waals surface area (Å²) in [7, 11) is 0. The lowest BCUT2D eigenvalue weighted by molar-refractivity contribution is 0.0525. The van der Waals surface area contributed by atoms with E-state index >= 15 is 0 Å². The van der Waals surface area contributed by atoms with E-state index in [9.17, 15) is 14.7 Å². The number of aryl methyl sites for hydroxylation is 2. The molecule has 0 atom stereocenters. The minimum atomic E-state index is -0.486. The van der Waals surface area contributed by atoms with Crippen LogP contribution in [0.25, 0.3) is 16.5 Å². The van der Waals surface area contributed by atoms with Crippen LogP contribution in [0.2, 0.25) is 5.02 Å². The maximum atomic E-state index is 13.2. The van der Waals surface area contributed by atoms with Crippen LogP contribution in [0.4, 0.5) is 0 Å². The first-order valence-corrected chi connectivity index (χ1v) is 8.87. The second kappa shape index (κ2) is 7.50. The van der Waals surface area contributed by atoms with Gasteiger partial charge >= 0.3 is 5.97 Å². The summed E-state index contributed by atoms with van der Waals surface area (Å²) >= 11 is 6.23. The van der Waals surface area contributed by atoms with Crippen molar-refractivity contribution in [1.82, 2.24) is 9.78 Å². The second-order valence-corrected chi connectivity index (χ2v) is 6.52. The molecular weight excluding hydrogens is 368 g/mol. The Morgan fingerprint density at radius 1 is 1.30 bits per heavy atom. The molecule has 0 aliphatic heterocycles. The molecule has 0 radical (unpaired) electrons. The molecule has 0 bridgehead atoms. The van der Waals surface area contributed by atoms with Crippen LogP contribution in [-0.4, -0.2) is 27.5 Å². The molecule has 6 nitrogen and oxygen atoms in total. The van der Waals surface area contributed by atoms with E-state index in [-0.39, 0.29) is 13.2 Å². The normalized spacial score (nSPS) is 11.0. The minimum absolute atomic E-state index is 0.234. The number of fused-ring (bicyclic) bond motifs is 1. The molecular formula is C20H19ClN2O4. The van der Waals surface area contributed by atoms with Crippen LogP contribution in [0.3, 0.4) is 0 Å². The number of rotatable bonds is 4. The van der Waals surface area contributed by atoms with Crippen molar-refractivity contribution in [3.05, 3.63) is 68.1 Å². The average Bonchev–Trinajstić information content (AvgIpc) is 2.63. The number of aliphatic hydroxyl groups is 1. The second-order valence-electron chi connectivity index (χ2n) is 6.11. The standard InChI is InChI=1S/C20H19ClN2O4/c1-4-27-20(26)17-11(2)9-13-15(10-24)22-23(19(25)18(13)12(17)3)16-8-6-5-7-14(16)21/h5-9,24H,4,10H2,1-3H3. The van der Waals surface area contributed by atoms with Crippen LogP contribution in [0.15, 0.2) is 35.1 Å². The van der Waals surface area contributed by atoms with Crippen molar-refractivity contribution in [3.63, 3.8) is 0 Å². The van der Waals surface area contributed by atoms with Crippen molar-refractivity contribution in [2.75, 3.05) is 6.61 Å². The van der Waals surface area contributed by atoms with Crippen LogP contribution < -0.4 is 5.56 Å². The van der Waals surface area contributed by atoms with Gasteiger partial charge in [-0.15, -0.1) is 0 Å². The van der Waals surface area contributed by atoms with E-state index in [1.807, 2.05) is 0 Å². The summed E-state index contributed by atoms with van der Waals surface area (Å²) in [6.45, 7) is 5.05. The Hall–Kier alpha value is -2.70. The highest BCUT2D eigenvalue weighted by Gasteiger charge is 2.22. The summed E-state index contributed by atoms with van der Waals surface area (Å²) in [5.74, 6) is -0.486. The zero-order valence-electron chi connectivity index (χ0n) is 15.2. The van der Waals surface area contributed by atoms with Crippen LogP contribution in [-0.2, 0) is 11.3 Å². The maximum Gasteiger partial charge on any atom is 0.338 e. The SMILES string of the molecule is CCOC(=O)c1c(C)cc2c(CO)nn(-c3ccccc3Cl)c(=O)c2c1C. The Labute approximate surface area is 161 Å². The van der Waals surface area contributed by atoms with Gasteiger partial charge in [-0.3, -0.25) is 4.79 Å². The highest BCUT2D eigenvalue weighted by Crippen LogP contribution is 2.27. The Morgan fingerprint density at radius 2 is 2.00 bits per heavy atom. The van der Waals surface area contributed by atoms with E-state index < -0.39 is 11.5 Å². The number of benzene rings is 2. The van der Waals surface area contributed by atoms with Crippen LogP contribution in [0.1, 0.15) is 34.1 Å². The summed E-state index contributed by atoms with van der Waals surface area (Å²) in [5, 5.41) is 15.3. The monoisotopic (exact) mass is 386 g/mol. The molecule has 0 amide bonds. The number of esters is 1. The Kier molecular flexibility index (Phi) is 5.30. The smallest absolute Gasteiger partial charge is 0.338 e. The predicted octanol–water partition coefficient (Wildman–Crippen LogP) is 3.32. The molecule has 0 aliphatic carbocycles. The van der Waals surface area contributed by atoms with Crippen molar-refractivity contribution in [3.8, 4) is 5.69 Å². The van der Waals surface area contributed by atoms with Gasteiger partial charge in [0.05, 0.1) is 40.6 Å². The number of halogens is 1. The number of nitrogens with zero attached hydrogens (tertiary/aromatic N) is 2. The molecule has 0 saturated carbocycles. The third-order valence-corrected chi connectivity index (χ3v) is 4.74. The lowest BCUT2D eigenvalue weighted by atomic mass is 9.95. The van der Waals surface area contributed by atoms with Crippen LogP contribution in [0.5, 0.6) is 0 Å². The van der Waals surface area contributed by atoms with Gasteiger partial charge in [-0.05, 0) is 50.1 Å². The van der Waals surface area contributed by atoms with Crippen molar-refractivity contribution in [2.24, 2.45) is 0 Å². The third kappa shape index (κ3) is 3.22. The molecule has 27 heavy (non-hydrogen) atoms. The number of ether oxygens (including phenoxy) is 1. The van der Waals surface area contributed by atoms with Gasteiger partial charge in [0.2, 0.25) is 0 Å². The zero-order chi connectivity index (χ0) is 19.7. The molecule has 0 aliphatic rings. The van der Waals surface area contributed by atoms with Crippen molar-refractivity contribution in [1.29, 1.82) is 0 Å². The van der Waals surface area contributed by atoms with Gasteiger partial charge in [0.25, 0.3) is 5.56 Å². The first-order valence-electron chi connectivity index (χ1n) is 8.49. The number of para-hydroxylation sites is 1. The molecule has 0 saturated heterocycles. The van der Waals surface area contributed by atoms with E-state index in [0.717, 1.165) is 4.68 Å². The number of hydrogen-bond donors (Lipinski definition) is 1. The van der Waals surface area contributed by atoms with Gasteiger partial charge in [-0.1, -0.05) is 23.7 Å². The highest BCUT2D eigenvalue weighted by atomic mass is 35.5. The number of carbonyl (C=O) groups is 1. The van der Waals surface area contributed by atoms with E-state index in [1.165, 1.54) is 0 Å². The average molecular weight is 387 g/mol. The van der Waals surface area contributed by atoms with Crippen LogP contribution >= 0.6 is 11.6 Å². The van der Waals surface area contributed by atoms with Crippen molar-refractivity contribution in [2.45, 2.75) is 27.4 Å². The largest absolute Gasteiger partial charge is 0.462 e. The number of aliphatic hydroxyl groups excluding tert-OH is 1. The summed E-state index contributed by atoms with van der Waals surface area (Å²) < 4.78 is 6.30. The van der Waals surface area contributed by atoms with Crippen LogP contribution in [0, 0.1) is 13.8 Å². The number of aromatic nitrogens is 2. The zero-order valence-corrected chi connectivity index (χ0v) is 16.0. The lowest BCUT2D eigenvalue weighted by Crippen LogP contribution is -2.25. The summed E-state index contributed by atoms with van der Waals surface area (Å²) in [4.78, 5) is 25.6. The maximum absolute atomic E-state index is 13.2. The molecule has 1 aromatic heterocycles. The molecule has 7 heteroatoms. The lowest BCUT2D eigenvalue weighted by Gasteiger charge is -2.16. The van der Waals surface area contributed by atoms with Gasteiger partial charge in [0, 0.05) is 5.39 Å². The molecule has 0 fully saturated rings. The molecule has 1 heterocycles. The molecule has 0 unspecified atom stereocenters. The van der Waals surface area contributed by atoms with Crippen molar-refractivity contribution < 1.29 is 14.6 Å². The summed E-state index contributed by atoms with van der Waals surface area (Å²) in [6.07, 6.45) is 0. The molecule has 3 rings (SSSR count). The van der Waals surface area contributed by atoms with Gasteiger partial charge in [0.15, 0.2) is 0 Å². The highest BCUT2D eigenvalue weighted by molar-refractivity contribution is 6.32. The fraction of sp³-hybridized carbons (Fsp3) is 0.250. The Bertz CT molecular complexity index is 1110. The Balaban J connectivity index is 2.44. The predicted molar refractivity (Wildman–Crippen MR) is 104 cm³/mol. The minimum Gasteiger partial charge on any atom is -0.462 e. The molecule has 3 aromatic rings. The fourth-order valence-electron chi connectivity index (χ4n) is 3.23. The van der Waals surface area contributed by atoms with Gasteiger partial charge in [0.1, 0.15) is 0 Å². The third-order valence-electron chi connectivity index (χ3n) is 4.42. The first kappa shape index (κ1) is 19.1. The van der Waals surface area contributed by atoms with Crippen molar-refractivity contribution >= 4 is 28.3 Å². The molecule has 0 spiro atoms. The van der Waals surface area contributed by atoms with E-state index in [4.69, 9.17) is 16.3 Å². The van der Waals surface area contributed by atoms with E-state index in [0.29, 0.717) is 43.9 Å². The van der Waals surface area contributed by atoms with E-state index in [2.05, 4.69) is 5.10 Å². The van der Waals surface area contributed by atoms with Gasteiger partial charge in [-0.25, -0.2) is 4.79 Å². The molecule has 2 aromatic carbocycles. The first-order chi connectivity index (χ1) is 12.9. The fourth-order valence-corrected chi connectivity index (χ4v) is 3.45. The summed E-state index contributed by atoms with van der Waals surface area (Å²) in [6, 6.07) is 8.49. The quantitative estimate of drug-likeness (QED) is 0.695. The Morgan fingerprint density at radius 3 is 2.63 bits per heavy atom. The number of carbonyl (C=O) groups excluding carboxylic acids is 1. The van der Waals surface area contributed by atoms with Gasteiger partial charge < -0.3 is 9.84 Å².